The molecule has 1 aromatic heterocycles. The van der Waals surface area contributed by atoms with Crippen molar-refractivity contribution in [2.24, 2.45) is 0 Å². The summed E-state index contributed by atoms with van der Waals surface area (Å²) in [6, 6.07) is 17.7. The molecule has 0 spiro atoms. The molecule has 1 aliphatic rings. The van der Waals surface area contributed by atoms with E-state index >= 15 is 0 Å². The maximum atomic E-state index is 11.5. The molecule has 10 heteroatoms. The van der Waals surface area contributed by atoms with Gasteiger partial charge in [-0.2, -0.15) is 4.98 Å². The van der Waals surface area contributed by atoms with Gasteiger partial charge in [0.25, 0.3) is 0 Å². The zero-order chi connectivity index (χ0) is 23.8. The molecule has 0 unspecified atom stereocenters. The molecule has 2 N–H and O–H groups in total. The number of likely N-dealkylation sites (tertiary alicyclic amines) is 1. The van der Waals surface area contributed by atoms with Crippen LogP contribution in [-0.2, 0) is 27.3 Å². The first-order valence-electron chi connectivity index (χ1n) is 10.1. The van der Waals surface area contributed by atoms with Gasteiger partial charge in [0.15, 0.2) is 5.82 Å². The van der Waals surface area contributed by atoms with Crippen LogP contribution in [0.5, 0.6) is 0 Å². The minimum Gasteiger partial charge on any atom is -0.473 e. The normalized spacial score (nSPS) is 13.4. The fourth-order valence-corrected chi connectivity index (χ4v) is 3.26. The van der Waals surface area contributed by atoms with Gasteiger partial charge < -0.3 is 19.5 Å². The van der Waals surface area contributed by atoms with E-state index in [0.29, 0.717) is 12.0 Å². The van der Waals surface area contributed by atoms with Gasteiger partial charge >= 0.3 is 17.9 Å². The van der Waals surface area contributed by atoms with Gasteiger partial charge in [-0.1, -0.05) is 47.6 Å². The predicted octanol–water partition coefficient (Wildman–Crippen LogP) is 2.20. The summed E-state index contributed by atoms with van der Waals surface area (Å²) >= 11 is 0. The number of aliphatic carboxylic acids is 2. The number of nitrogens with zero attached hydrogens (tertiary/aromatic N) is 3. The van der Waals surface area contributed by atoms with Gasteiger partial charge in [0.05, 0.1) is 18.6 Å². The third-order valence-electron chi connectivity index (χ3n) is 4.96. The summed E-state index contributed by atoms with van der Waals surface area (Å²) in [4.78, 5) is 36.5. The van der Waals surface area contributed by atoms with Crippen LogP contribution in [0.25, 0.3) is 0 Å². The third kappa shape index (κ3) is 6.71. The number of hydrogen-bond acceptors (Lipinski definition) is 8. The molecular formula is C23H23N3O7. The SMILES string of the molecule is COC(=O)c1ccc(CN2CC(c3nc(Cc4ccccc4)no3)C2)cc1.O=C(O)C(=O)O. The van der Waals surface area contributed by atoms with Gasteiger partial charge in [0.1, 0.15) is 0 Å². The van der Waals surface area contributed by atoms with Gasteiger partial charge in [-0.25, -0.2) is 14.4 Å². The Balaban J connectivity index is 0.000000454. The molecule has 172 valence electrons. The van der Waals surface area contributed by atoms with Crippen molar-refractivity contribution in [1.29, 1.82) is 0 Å². The fourth-order valence-electron chi connectivity index (χ4n) is 3.26. The summed E-state index contributed by atoms with van der Waals surface area (Å²) in [6.45, 7) is 2.63. The van der Waals surface area contributed by atoms with E-state index in [9.17, 15) is 4.79 Å². The Kier molecular flexibility index (Phi) is 7.87. The van der Waals surface area contributed by atoms with Crippen LogP contribution in [0.15, 0.2) is 59.1 Å². The van der Waals surface area contributed by atoms with Gasteiger partial charge in [-0.15, -0.1) is 0 Å². The summed E-state index contributed by atoms with van der Waals surface area (Å²) in [5.74, 6) is -2.22. The molecule has 4 rings (SSSR count). The number of rotatable bonds is 6. The van der Waals surface area contributed by atoms with Crippen molar-refractivity contribution in [2.75, 3.05) is 20.2 Å². The lowest BCUT2D eigenvalue weighted by Gasteiger charge is -2.37. The van der Waals surface area contributed by atoms with Gasteiger partial charge in [-0.3, -0.25) is 4.90 Å². The number of aromatic nitrogens is 2. The highest BCUT2D eigenvalue weighted by Gasteiger charge is 2.32. The van der Waals surface area contributed by atoms with E-state index in [0.717, 1.165) is 36.9 Å². The average Bonchev–Trinajstić information content (AvgIpc) is 3.24. The van der Waals surface area contributed by atoms with E-state index in [1.54, 1.807) is 12.1 Å². The highest BCUT2D eigenvalue weighted by molar-refractivity contribution is 6.27. The number of hydrogen-bond donors (Lipinski definition) is 2. The van der Waals surface area contributed by atoms with Crippen LogP contribution in [0.1, 0.15) is 39.1 Å². The molecule has 1 fully saturated rings. The second kappa shape index (κ2) is 11.0. The first kappa shape index (κ1) is 23.6. The van der Waals surface area contributed by atoms with E-state index < -0.39 is 11.9 Å². The summed E-state index contributed by atoms with van der Waals surface area (Å²) in [5, 5.41) is 18.9. The average molecular weight is 453 g/mol. The maximum absolute atomic E-state index is 11.5. The zero-order valence-electron chi connectivity index (χ0n) is 17.9. The minimum atomic E-state index is -1.82. The standard InChI is InChI=1S/C21H21N3O3.C2H2O4/c1-26-21(25)17-9-7-16(8-10-17)12-24-13-18(14-24)20-22-19(23-27-20)11-15-5-3-2-4-6-15;3-1(4)2(5)6/h2-10,18H,11-14H2,1H3;(H,3,4)(H,5,6). The Bertz CT molecular complexity index is 1080. The molecule has 1 saturated heterocycles. The predicted molar refractivity (Wildman–Crippen MR) is 115 cm³/mol. The second-order valence-corrected chi connectivity index (χ2v) is 7.40. The first-order chi connectivity index (χ1) is 15.9. The molecule has 2 heterocycles. The number of esters is 1. The number of carboxylic acid groups (broad SMARTS) is 2. The number of carbonyl (C=O) groups is 3. The minimum absolute atomic E-state index is 0.288. The molecule has 10 nitrogen and oxygen atoms in total. The smallest absolute Gasteiger partial charge is 0.414 e. The Morgan fingerprint density at radius 3 is 2.21 bits per heavy atom. The van der Waals surface area contributed by atoms with Crippen molar-refractivity contribution in [3.63, 3.8) is 0 Å². The zero-order valence-corrected chi connectivity index (χ0v) is 17.9. The molecule has 3 aromatic rings. The fraction of sp³-hybridized carbons (Fsp3) is 0.261. The topological polar surface area (TPSA) is 143 Å². The highest BCUT2D eigenvalue weighted by atomic mass is 16.5. The Morgan fingerprint density at radius 1 is 1.00 bits per heavy atom. The van der Waals surface area contributed by atoms with E-state index in [1.165, 1.54) is 12.7 Å². The Morgan fingerprint density at radius 2 is 1.64 bits per heavy atom. The lowest BCUT2D eigenvalue weighted by atomic mass is 9.99. The monoisotopic (exact) mass is 453 g/mol. The highest BCUT2D eigenvalue weighted by Crippen LogP contribution is 2.27. The summed E-state index contributed by atoms with van der Waals surface area (Å²) in [6.07, 6.45) is 0.688. The number of methoxy groups -OCH3 is 1. The largest absolute Gasteiger partial charge is 0.473 e. The summed E-state index contributed by atoms with van der Waals surface area (Å²) < 4.78 is 10.2. The molecule has 0 amide bonds. The lowest BCUT2D eigenvalue weighted by molar-refractivity contribution is -0.159. The van der Waals surface area contributed by atoms with Crippen molar-refractivity contribution < 1.29 is 33.9 Å². The number of benzene rings is 2. The summed E-state index contributed by atoms with van der Waals surface area (Å²) in [5.41, 5.74) is 2.91. The number of ether oxygens (including phenoxy) is 1. The Hall–Kier alpha value is -4.05. The molecular weight excluding hydrogens is 430 g/mol. The van der Waals surface area contributed by atoms with Crippen molar-refractivity contribution >= 4 is 17.9 Å². The molecule has 0 aliphatic carbocycles. The van der Waals surface area contributed by atoms with Crippen LogP contribution in [0.2, 0.25) is 0 Å². The van der Waals surface area contributed by atoms with Crippen LogP contribution >= 0.6 is 0 Å². The second-order valence-electron chi connectivity index (χ2n) is 7.40. The van der Waals surface area contributed by atoms with Crippen LogP contribution in [0, 0.1) is 0 Å². The number of carboxylic acids is 2. The molecule has 0 saturated carbocycles. The first-order valence-corrected chi connectivity index (χ1v) is 10.1. The van der Waals surface area contributed by atoms with Crippen LogP contribution < -0.4 is 0 Å². The van der Waals surface area contributed by atoms with Crippen LogP contribution in [0.4, 0.5) is 0 Å². The van der Waals surface area contributed by atoms with E-state index in [1.807, 2.05) is 30.3 Å². The maximum Gasteiger partial charge on any atom is 0.414 e. The van der Waals surface area contributed by atoms with Crippen molar-refractivity contribution in [1.82, 2.24) is 15.0 Å². The van der Waals surface area contributed by atoms with Crippen LogP contribution in [-0.4, -0.2) is 63.4 Å². The van der Waals surface area contributed by atoms with Gasteiger partial charge in [0.2, 0.25) is 5.89 Å². The van der Waals surface area contributed by atoms with Crippen molar-refractivity contribution in [3.8, 4) is 0 Å². The molecule has 2 aromatic carbocycles. The van der Waals surface area contributed by atoms with Crippen molar-refractivity contribution in [3.05, 3.63) is 83.0 Å². The van der Waals surface area contributed by atoms with Crippen LogP contribution in [0.3, 0.4) is 0 Å². The molecule has 33 heavy (non-hydrogen) atoms. The Labute approximate surface area is 189 Å². The molecule has 1 aliphatic heterocycles. The van der Waals surface area contributed by atoms with Gasteiger partial charge in [0, 0.05) is 26.1 Å². The summed E-state index contributed by atoms with van der Waals surface area (Å²) in [7, 11) is 1.39. The third-order valence-corrected chi connectivity index (χ3v) is 4.96. The van der Waals surface area contributed by atoms with Crippen molar-refractivity contribution in [2.45, 2.75) is 18.9 Å². The molecule has 0 bridgehead atoms. The lowest BCUT2D eigenvalue weighted by Crippen LogP contribution is -2.44. The van der Waals surface area contributed by atoms with E-state index in [-0.39, 0.29) is 11.9 Å². The van der Waals surface area contributed by atoms with E-state index in [2.05, 4.69) is 27.2 Å². The molecule has 0 atom stereocenters. The molecule has 0 radical (unpaired) electrons. The van der Waals surface area contributed by atoms with Gasteiger partial charge in [-0.05, 0) is 23.3 Å². The number of carbonyl (C=O) groups excluding carboxylic acids is 1. The van der Waals surface area contributed by atoms with E-state index in [4.69, 9.17) is 29.1 Å². The quantitative estimate of drug-likeness (QED) is 0.421.